The summed E-state index contributed by atoms with van der Waals surface area (Å²) in [5.41, 5.74) is 4.69. The van der Waals surface area contributed by atoms with Gasteiger partial charge in [0.2, 0.25) is 5.91 Å². The molecule has 1 N–H and O–H groups in total. The number of allylic oxidation sites excluding steroid dienone is 8. The second-order valence-electron chi connectivity index (χ2n) is 11.4. The number of rotatable bonds is 11. The lowest BCUT2D eigenvalue weighted by atomic mass is 9.79. The minimum absolute atomic E-state index is 0.0742. The molecule has 2 unspecified atom stereocenters. The molecular formula is C34H47FN3O3+. The second-order valence-corrected chi connectivity index (χ2v) is 11.4. The maximum absolute atomic E-state index is 14.7. The normalized spacial score (nSPS) is 22.9. The van der Waals surface area contributed by atoms with Crippen molar-refractivity contribution in [1.82, 2.24) is 10.2 Å². The van der Waals surface area contributed by atoms with Gasteiger partial charge in [0, 0.05) is 42.1 Å². The number of amides is 1. The van der Waals surface area contributed by atoms with E-state index >= 15 is 0 Å². The molecule has 1 saturated carbocycles. The zero-order valence-electron chi connectivity index (χ0n) is 25.4. The molecule has 3 aliphatic rings. The standard InChI is InChI=1S/C34H47FN3O3/c1-7-8-20-31(26(3)35)38(5)23-25(2)30(24-38)33(27-14-10-9-11-15-27)36-29-18-12-16-28(17-13-19-29)34(40)37(4)22-21-32(39)41-6/h7-8,12,17-20,23-24,27,33,36H,1,9-11,13-16,21-22H2,2-6H3/q+1/b18-12?,20-8-,28-17?,29-19?,31-26-. The fourth-order valence-corrected chi connectivity index (χ4v) is 6.01. The van der Waals surface area contributed by atoms with Gasteiger partial charge in [-0.3, -0.25) is 9.59 Å². The lowest BCUT2D eigenvalue weighted by Crippen LogP contribution is -2.39. The number of nitrogens with one attached hydrogen (secondary N) is 1. The number of hydrogen-bond acceptors (Lipinski definition) is 4. The maximum atomic E-state index is 14.7. The van der Waals surface area contributed by atoms with Gasteiger partial charge in [-0.25, -0.2) is 8.87 Å². The van der Waals surface area contributed by atoms with Gasteiger partial charge < -0.3 is 15.0 Å². The van der Waals surface area contributed by atoms with Crippen LogP contribution in [-0.4, -0.2) is 55.1 Å². The molecule has 2 aliphatic carbocycles. The average Bonchev–Trinajstić information content (AvgIpc) is 3.25. The van der Waals surface area contributed by atoms with Crippen molar-refractivity contribution < 1.29 is 23.2 Å². The van der Waals surface area contributed by atoms with Crippen LogP contribution in [0.4, 0.5) is 4.39 Å². The van der Waals surface area contributed by atoms with E-state index in [0.29, 0.717) is 36.6 Å². The molecule has 0 aromatic heterocycles. The number of halogens is 1. The highest BCUT2D eigenvalue weighted by molar-refractivity contribution is 5.93. The molecule has 0 aromatic rings. The SMILES string of the molecule is C=C/C=C\C(=C(/C)F)[N+]1(C)C=C(C)C(C(NC2=CCC=C(C(=O)N(C)CCC(=O)OC)CC=C2)C2CCCCC2)=C1. The molecule has 1 heterocycles. The van der Waals surface area contributed by atoms with E-state index in [1.165, 1.54) is 38.9 Å². The quantitative estimate of drug-likeness (QED) is 0.169. The molecule has 1 aliphatic heterocycles. The van der Waals surface area contributed by atoms with Crippen molar-refractivity contribution in [1.29, 1.82) is 0 Å². The molecule has 2 atom stereocenters. The summed E-state index contributed by atoms with van der Waals surface area (Å²) in [7, 11) is 5.07. The van der Waals surface area contributed by atoms with Crippen LogP contribution in [0.15, 0.2) is 95.5 Å². The van der Waals surface area contributed by atoms with Crippen molar-refractivity contribution >= 4 is 11.9 Å². The first kappa shape index (κ1) is 32.1. The zero-order chi connectivity index (χ0) is 30.0. The van der Waals surface area contributed by atoms with Crippen molar-refractivity contribution in [2.75, 3.05) is 27.7 Å². The van der Waals surface area contributed by atoms with Crippen molar-refractivity contribution in [2.24, 2.45) is 5.92 Å². The highest BCUT2D eigenvalue weighted by Gasteiger charge is 2.37. The van der Waals surface area contributed by atoms with Crippen molar-refractivity contribution in [3.05, 3.63) is 95.5 Å². The number of quaternary nitrogens is 1. The Hall–Kier alpha value is -3.45. The number of carbonyl (C=O) groups excluding carboxylic acids is 2. The molecule has 222 valence electrons. The lowest BCUT2D eigenvalue weighted by molar-refractivity contribution is -0.760. The molecule has 41 heavy (non-hydrogen) atoms. The fraction of sp³-hybridized carbons (Fsp3) is 0.471. The first-order valence-corrected chi connectivity index (χ1v) is 14.7. The van der Waals surface area contributed by atoms with E-state index in [9.17, 15) is 14.0 Å². The highest BCUT2D eigenvalue weighted by Crippen LogP contribution is 2.39. The Morgan fingerprint density at radius 2 is 1.98 bits per heavy atom. The van der Waals surface area contributed by atoms with E-state index in [0.717, 1.165) is 24.1 Å². The Morgan fingerprint density at radius 3 is 2.63 bits per heavy atom. The predicted octanol–water partition coefficient (Wildman–Crippen LogP) is 6.90. The number of nitrogens with zero attached hydrogens (tertiary/aromatic N) is 2. The van der Waals surface area contributed by atoms with Crippen molar-refractivity contribution in [3.8, 4) is 0 Å². The minimum atomic E-state index is -0.329. The maximum Gasteiger partial charge on any atom is 0.307 e. The van der Waals surface area contributed by atoms with Gasteiger partial charge in [-0.05, 0) is 51.5 Å². The molecule has 6 nitrogen and oxygen atoms in total. The Bertz CT molecular complexity index is 1210. The number of ether oxygens (including phenoxy) is 1. The molecule has 3 rings (SSSR count). The molecule has 1 fully saturated rings. The van der Waals surface area contributed by atoms with E-state index in [-0.39, 0.29) is 34.6 Å². The number of carbonyl (C=O) groups is 2. The van der Waals surface area contributed by atoms with Crippen LogP contribution >= 0.6 is 0 Å². The van der Waals surface area contributed by atoms with E-state index < -0.39 is 0 Å². The summed E-state index contributed by atoms with van der Waals surface area (Å²) in [5.74, 6) is -0.143. The van der Waals surface area contributed by atoms with Crippen LogP contribution in [0.3, 0.4) is 0 Å². The van der Waals surface area contributed by atoms with Gasteiger partial charge in [-0.1, -0.05) is 56.2 Å². The molecule has 0 spiro atoms. The Labute approximate surface area is 245 Å². The minimum Gasteiger partial charge on any atom is -0.469 e. The van der Waals surface area contributed by atoms with Gasteiger partial charge in [0.05, 0.1) is 26.6 Å². The van der Waals surface area contributed by atoms with Crippen LogP contribution in [0.2, 0.25) is 0 Å². The fourth-order valence-electron chi connectivity index (χ4n) is 6.01. The molecular weight excluding hydrogens is 517 g/mol. The van der Waals surface area contributed by atoms with Crippen LogP contribution in [0.5, 0.6) is 0 Å². The van der Waals surface area contributed by atoms with E-state index in [1.807, 2.05) is 19.2 Å². The predicted molar refractivity (Wildman–Crippen MR) is 163 cm³/mol. The van der Waals surface area contributed by atoms with Gasteiger partial charge >= 0.3 is 5.97 Å². The smallest absolute Gasteiger partial charge is 0.307 e. The van der Waals surface area contributed by atoms with E-state index in [2.05, 4.69) is 43.4 Å². The third kappa shape index (κ3) is 8.52. The van der Waals surface area contributed by atoms with Crippen molar-refractivity contribution in [3.63, 3.8) is 0 Å². The Balaban J connectivity index is 1.84. The van der Waals surface area contributed by atoms with Gasteiger partial charge in [0.25, 0.3) is 0 Å². The first-order chi connectivity index (χ1) is 19.6. The summed E-state index contributed by atoms with van der Waals surface area (Å²) < 4.78 is 19.7. The third-order valence-electron chi connectivity index (χ3n) is 8.20. The Kier molecular flexibility index (Phi) is 11.7. The summed E-state index contributed by atoms with van der Waals surface area (Å²) in [6, 6.07) is 0.0981. The second kappa shape index (κ2) is 15.0. The van der Waals surface area contributed by atoms with Crippen LogP contribution in [0.25, 0.3) is 0 Å². The largest absolute Gasteiger partial charge is 0.469 e. The molecule has 0 aromatic carbocycles. The summed E-state index contributed by atoms with van der Waals surface area (Å²) in [6.07, 6.45) is 25.1. The monoisotopic (exact) mass is 564 g/mol. The van der Waals surface area contributed by atoms with E-state index in [1.54, 1.807) is 30.2 Å². The number of hydrogen-bond donors (Lipinski definition) is 1. The third-order valence-corrected chi connectivity index (χ3v) is 8.20. The van der Waals surface area contributed by atoms with Gasteiger partial charge in [-0.15, -0.1) is 0 Å². The topological polar surface area (TPSA) is 58.6 Å². The average molecular weight is 565 g/mol. The first-order valence-electron chi connectivity index (χ1n) is 14.7. The van der Waals surface area contributed by atoms with Crippen LogP contribution in [-0.2, 0) is 14.3 Å². The van der Waals surface area contributed by atoms with E-state index in [4.69, 9.17) is 4.74 Å². The Morgan fingerprint density at radius 1 is 1.24 bits per heavy atom. The number of methoxy groups -OCH3 is 1. The van der Waals surface area contributed by atoms with Crippen LogP contribution in [0.1, 0.15) is 65.2 Å². The van der Waals surface area contributed by atoms with Crippen molar-refractivity contribution in [2.45, 2.75) is 71.3 Å². The highest BCUT2D eigenvalue weighted by atomic mass is 19.1. The van der Waals surface area contributed by atoms with Crippen LogP contribution in [0, 0.1) is 5.92 Å². The summed E-state index contributed by atoms with van der Waals surface area (Å²) in [6.45, 7) is 7.69. The van der Waals surface area contributed by atoms with Crippen LogP contribution < -0.4 is 5.32 Å². The molecule has 0 saturated heterocycles. The number of esters is 1. The lowest BCUT2D eigenvalue weighted by Gasteiger charge is -2.33. The van der Waals surface area contributed by atoms with Gasteiger partial charge in [-0.2, -0.15) is 0 Å². The molecule has 1 amide bonds. The summed E-state index contributed by atoms with van der Waals surface area (Å²) >= 11 is 0. The number of likely N-dealkylation sites (N-methyl/N-ethyl adjacent to an activating group) is 2. The molecule has 0 radical (unpaired) electrons. The molecule has 0 bridgehead atoms. The summed E-state index contributed by atoms with van der Waals surface area (Å²) in [5, 5.41) is 3.86. The molecule has 7 heteroatoms. The zero-order valence-corrected chi connectivity index (χ0v) is 25.4. The summed E-state index contributed by atoms with van der Waals surface area (Å²) in [4.78, 5) is 26.0. The van der Waals surface area contributed by atoms with Gasteiger partial charge in [0.15, 0.2) is 11.5 Å². The van der Waals surface area contributed by atoms with Gasteiger partial charge in [0.1, 0.15) is 12.4 Å².